The number of alkyl halides is 3. The highest BCUT2D eigenvalue weighted by Gasteiger charge is 2.32. The molecular formula is C36H31F3N8O6S. The Balaban J connectivity index is 1.39. The minimum atomic E-state index is -4.71. The van der Waals surface area contributed by atoms with Gasteiger partial charge in [-0.2, -0.15) is 36.9 Å². The number of halogens is 3. The molecule has 18 heteroatoms. The molecule has 1 atom stereocenters. The van der Waals surface area contributed by atoms with Crippen LogP contribution in [0.15, 0.2) is 81.1 Å². The smallest absolute Gasteiger partial charge is 0.337 e. The topological polar surface area (TPSA) is 191 Å². The van der Waals surface area contributed by atoms with Crippen molar-refractivity contribution in [2.45, 2.75) is 58.2 Å². The molecule has 0 aliphatic heterocycles. The minimum Gasteiger partial charge on any atom is -0.337 e. The van der Waals surface area contributed by atoms with Crippen LogP contribution < -0.4 is 11.0 Å². The lowest BCUT2D eigenvalue weighted by atomic mass is 9.97. The van der Waals surface area contributed by atoms with Gasteiger partial charge in [-0.05, 0) is 111 Å². The molecule has 1 unspecified atom stereocenters. The molecule has 0 aliphatic rings. The van der Waals surface area contributed by atoms with Crippen LogP contribution >= 0.6 is 0 Å². The lowest BCUT2D eigenvalue weighted by Gasteiger charge is -2.14. The number of aromatic nitrogens is 6. The average Bonchev–Trinajstić information content (AvgIpc) is 3.85. The van der Waals surface area contributed by atoms with Crippen LogP contribution in [-0.2, 0) is 22.7 Å². The molecule has 3 aromatic heterocycles. The lowest BCUT2D eigenvalue weighted by molar-refractivity contribution is -0.137. The summed E-state index contributed by atoms with van der Waals surface area (Å²) in [5.41, 5.74) is 1.39. The largest absolute Gasteiger partial charge is 0.416 e. The fourth-order valence-corrected chi connectivity index (χ4v) is 6.95. The van der Waals surface area contributed by atoms with Crippen molar-refractivity contribution in [1.29, 1.82) is 5.26 Å². The summed E-state index contributed by atoms with van der Waals surface area (Å²) < 4.78 is 83.5. The zero-order valence-corrected chi connectivity index (χ0v) is 30.1. The van der Waals surface area contributed by atoms with E-state index in [2.05, 4.69) is 20.6 Å². The molecule has 6 aromatic rings. The van der Waals surface area contributed by atoms with Gasteiger partial charge in [0.1, 0.15) is 11.7 Å². The second-order valence-electron chi connectivity index (χ2n) is 12.5. The quantitative estimate of drug-likeness (QED) is 0.170. The van der Waals surface area contributed by atoms with E-state index in [1.807, 2.05) is 6.07 Å². The van der Waals surface area contributed by atoms with Crippen LogP contribution in [0.3, 0.4) is 0 Å². The predicted octanol–water partition coefficient (Wildman–Crippen LogP) is 6.16. The summed E-state index contributed by atoms with van der Waals surface area (Å²) in [6.07, 6.45) is -3.28. The lowest BCUT2D eigenvalue weighted by Crippen LogP contribution is -2.38. The second kappa shape index (κ2) is 13.9. The maximum atomic E-state index is 14.2. The van der Waals surface area contributed by atoms with Gasteiger partial charge in [-0.1, -0.05) is 11.2 Å². The molecule has 3 heterocycles. The zero-order valence-electron chi connectivity index (χ0n) is 29.3. The molecule has 0 aliphatic carbocycles. The van der Waals surface area contributed by atoms with Crippen molar-refractivity contribution in [1.82, 2.24) is 34.4 Å². The van der Waals surface area contributed by atoms with Crippen LogP contribution in [0.1, 0.15) is 63.8 Å². The first-order chi connectivity index (χ1) is 25.4. The summed E-state index contributed by atoms with van der Waals surface area (Å²) in [4.78, 5) is 32.3. The average molecular weight is 761 g/mol. The van der Waals surface area contributed by atoms with Crippen molar-refractivity contribution >= 4 is 16.1 Å². The number of imidazole rings is 1. The van der Waals surface area contributed by atoms with E-state index in [-0.39, 0.29) is 45.8 Å². The molecule has 278 valence electrons. The van der Waals surface area contributed by atoms with E-state index < -0.39 is 39.6 Å². The number of carbonyl (C=O) groups excluding carboxylic acids is 1. The highest BCUT2D eigenvalue weighted by Crippen LogP contribution is 2.32. The van der Waals surface area contributed by atoms with Crippen molar-refractivity contribution in [3.8, 4) is 28.8 Å². The van der Waals surface area contributed by atoms with Crippen molar-refractivity contribution in [2.75, 3.05) is 0 Å². The number of nitrogens with zero attached hydrogens (tertiary/aromatic N) is 7. The standard InChI is InChI=1S/C36H31F3N8O6S/c1-19-20(2)25(15-30(21(19)3)54(50,51)52)16-31-43-33(53-44-31)22(4)42-34(48)46-32(29-13-14-41-47(29)27-11-9-24(18-40)10-12-27)23(5)45(35(46)49)28-8-6-7-26(17-28)36(37,38)39/h6-15,17,22H,16H2,1-5H3,(H,42,48)(H,50,51,52). The first-order valence-corrected chi connectivity index (χ1v) is 17.6. The highest BCUT2D eigenvalue weighted by atomic mass is 32.2. The fourth-order valence-electron chi connectivity index (χ4n) is 6.12. The number of hydrogen-bond acceptors (Lipinski definition) is 9. The van der Waals surface area contributed by atoms with Crippen LogP contribution in [0, 0.1) is 39.0 Å². The van der Waals surface area contributed by atoms with Crippen LogP contribution in [-0.4, -0.2) is 48.1 Å². The third-order valence-electron chi connectivity index (χ3n) is 9.15. The van der Waals surface area contributed by atoms with E-state index in [4.69, 9.17) is 4.52 Å². The second-order valence-corrected chi connectivity index (χ2v) is 13.9. The molecule has 0 spiro atoms. The molecule has 1 amide bonds. The van der Waals surface area contributed by atoms with Gasteiger partial charge < -0.3 is 9.84 Å². The van der Waals surface area contributed by atoms with Gasteiger partial charge in [0.25, 0.3) is 10.1 Å². The van der Waals surface area contributed by atoms with E-state index in [1.165, 1.54) is 42.9 Å². The van der Waals surface area contributed by atoms with Gasteiger partial charge in [0.05, 0.1) is 51.1 Å². The summed E-state index contributed by atoms with van der Waals surface area (Å²) in [7, 11) is -4.52. The monoisotopic (exact) mass is 760 g/mol. The Morgan fingerprint density at radius 2 is 1.72 bits per heavy atom. The molecule has 54 heavy (non-hydrogen) atoms. The van der Waals surface area contributed by atoms with Crippen molar-refractivity contribution < 1.29 is 35.5 Å². The fraction of sp³-hybridized carbons (Fsp3) is 0.222. The number of benzene rings is 3. The number of nitriles is 1. The Morgan fingerprint density at radius 1 is 1.02 bits per heavy atom. The van der Waals surface area contributed by atoms with Crippen LogP contribution in [0.5, 0.6) is 0 Å². The van der Waals surface area contributed by atoms with E-state index in [0.717, 1.165) is 32.9 Å². The first kappa shape index (κ1) is 37.4. The van der Waals surface area contributed by atoms with E-state index >= 15 is 0 Å². The van der Waals surface area contributed by atoms with Crippen LogP contribution in [0.2, 0.25) is 0 Å². The van der Waals surface area contributed by atoms with Gasteiger partial charge in [-0.15, -0.1) is 0 Å². The Kier molecular flexibility index (Phi) is 9.64. The number of nitrogens with one attached hydrogen (secondary N) is 1. The van der Waals surface area contributed by atoms with Gasteiger partial charge in [0.2, 0.25) is 5.89 Å². The Labute approximate surface area is 305 Å². The summed E-state index contributed by atoms with van der Waals surface area (Å²) >= 11 is 0. The summed E-state index contributed by atoms with van der Waals surface area (Å²) in [6.45, 7) is 8.07. The first-order valence-electron chi connectivity index (χ1n) is 16.2. The summed E-state index contributed by atoms with van der Waals surface area (Å²) in [5, 5.41) is 20.2. The molecule has 0 fully saturated rings. The molecule has 6 rings (SSSR count). The predicted molar refractivity (Wildman–Crippen MR) is 187 cm³/mol. The molecule has 0 radical (unpaired) electrons. The molecule has 14 nitrogen and oxygen atoms in total. The number of amides is 1. The Bertz CT molecular complexity index is 2650. The maximum absolute atomic E-state index is 14.2. The van der Waals surface area contributed by atoms with Crippen molar-refractivity contribution in [2.24, 2.45) is 0 Å². The van der Waals surface area contributed by atoms with Crippen molar-refractivity contribution in [3.63, 3.8) is 0 Å². The van der Waals surface area contributed by atoms with Gasteiger partial charge in [-0.3, -0.25) is 9.12 Å². The summed E-state index contributed by atoms with van der Waals surface area (Å²) in [6, 6.07) is 13.3. The van der Waals surface area contributed by atoms with Crippen LogP contribution in [0.4, 0.5) is 18.0 Å². The van der Waals surface area contributed by atoms with Crippen LogP contribution in [0.25, 0.3) is 22.8 Å². The normalized spacial score (nSPS) is 12.4. The maximum Gasteiger partial charge on any atom is 0.416 e. The van der Waals surface area contributed by atoms with E-state index in [0.29, 0.717) is 27.9 Å². The molecule has 0 saturated heterocycles. The Hall–Kier alpha value is -6.32. The van der Waals surface area contributed by atoms with Gasteiger partial charge in [-0.25, -0.2) is 18.8 Å². The molecule has 2 N–H and O–H groups in total. The number of rotatable bonds is 8. The molecule has 0 bridgehead atoms. The SMILES string of the molecule is Cc1c(Cc2noc(C(C)NC(=O)n3c(-c4ccnn4-c4ccc(C#N)cc4)c(C)n(-c4cccc(C(F)(F)F)c4)c3=O)n2)cc(S(=O)(=O)O)c(C)c1C. The molecule has 3 aromatic carbocycles. The minimum absolute atomic E-state index is 0.00930. The number of hydrogen-bond donors (Lipinski definition) is 2. The Morgan fingerprint density at radius 3 is 2.37 bits per heavy atom. The van der Waals surface area contributed by atoms with E-state index in [1.54, 1.807) is 45.0 Å². The third-order valence-corrected chi connectivity index (χ3v) is 10.1. The van der Waals surface area contributed by atoms with Gasteiger partial charge in [0, 0.05) is 6.42 Å². The number of carbonyl (C=O) groups is 1. The highest BCUT2D eigenvalue weighted by molar-refractivity contribution is 7.85. The molecule has 0 saturated carbocycles. The van der Waals surface area contributed by atoms with Crippen molar-refractivity contribution in [3.05, 3.63) is 128 Å². The third kappa shape index (κ3) is 6.93. The zero-order chi connectivity index (χ0) is 39.3. The molecular weight excluding hydrogens is 730 g/mol. The van der Waals surface area contributed by atoms with Gasteiger partial charge in [0.15, 0.2) is 5.82 Å². The van der Waals surface area contributed by atoms with Gasteiger partial charge >= 0.3 is 17.9 Å². The van der Waals surface area contributed by atoms with E-state index in [9.17, 15) is 41.0 Å². The summed E-state index contributed by atoms with van der Waals surface area (Å²) in [5.74, 6) is 0.0653.